The van der Waals surface area contributed by atoms with E-state index in [1.54, 1.807) is 0 Å². The van der Waals surface area contributed by atoms with Crippen LogP contribution in [0.1, 0.15) is 6.42 Å². The second kappa shape index (κ2) is 3.32. The van der Waals surface area contributed by atoms with E-state index in [0.717, 1.165) is 0 Å². The van der Waals surface area contributed by atoms with Gasteiger partial charge in [-0.05, 0) is 17.9 Å². The number of carboxylic acid groups (broad SMARTS) is 2. The summed E-state index contributed by atoms with van der Waals surface area (Å²) in [5, 5.41) is 20.3. The molecule has 2 atom stereocenters. The molecular weight excluding hydrogens is 178 g/mol. The molecule has 1 fully saturated rings. The van der Waals surface area contributed by atoms with Crippen LogP contribution in [0.2, 0.25) is 0 Å². The van der Waals surface area contributed by atoms with Crippen LogP contribution in [0.15, 0.2) is 5.11 Å². The molecule has 13 heavy (non-hydrogen) atoms. The van der Waals surface area contributed by atoms with Crippen molar-refractivity contribution in [3.05, 3.63) is 10.4 Å². The molecule has 0 spiro atoms. The number of carbonyl (C=O) groups is 2. The molecule has 1 aliphatic carbocycles. The zero-order valence-electron chi connectivity index (χ0n) is 6.49. The van der Waals surface area contributed by atoms with Crippen molar-refractivity contribution in [1.29, 1.82) is 0 Å². The summed E-state index contributed by atoms with van der Waals surface area (Å²) < 4.78 is 0. The zero-order chi connectivity index (χ0) is 10.0. The van der Waals surface area contributed by atoms with Crippen LogP contribution in [-0.4, -0.2) is 28.2 Å². The molecule has 0 aliphatic heterocycles. The molecule has 0 radical (unpaired) electrons. The highest BCUT2D eigenvalue weighted by Gasteiger charge is 2.49. The summed E-state index contributed by atoms with van der Waals surface area (Å²) in [6.07, 6.45) is 0.341. The second-order valence-electron chi connectivity index (χ2n) is 2.83. The molecule has 0 aromatic rings. The average Bonchev–Trinajstić information content (AvgIpc) is 2.67. The summed E-state index contributed by atoms with van der Waals surface area (Å²) >= 11 is 0. The molecule has 0 aromatic heterocycles. The summed E-state index contributed by atoms with van der Waals surface area (Å²) in [4.78, 5) is 23.4. The third kappa shape index (κ3) is 1.88. The Morgan fingerprint density at radius 3 is 2.38 bits per heavy atom. The molecule has 2 unspecified atom stereocenters. The van der Waals surface area contributed by atoms with E-state index >= 15 is 0 Å². The Balaban J connectivity index is 2.65. The van der Waals surface area contributed by atoms with Crippen LogP contribution >= 0.6 is 0 Å². The van der Waals surface area contributed by atoms with Crippen molar-refractivity contribution in [1.82, 2.24) is 0 Å². The minimum Gasteiger partial charge on any atom is -0.481 e. The molecule has 1 aliphatic rings. The predicted molar refractivity (Wildman–Crippen MR) is 39.8 cm³/mol. The first-order chi connectivity index (χ1) is 6.07. The largest absolute Gasteiger partial charge is 0.481 e. The Kier molecular flexibility index (Phi) is 2.39. The zero-order valence-corrected chi connectivity index (χ0v) is 6.49. The van der Waals surface area contributed by atoms with Crippen molar-refractivity contribution >= 4 is 11.9 Å². The topological polar surface area (TPSA) is 123 Å². The van der Waals surface area contributed by atoms with E-state index in [9.17, 15) is 9.59 Å². The quantitative estimate of drug-likeness (QED) is 0.286. The van der Waals surface area contributed by atoms with Crippen LogP contribution in [0, 0.1) is 11.8 Å². The smallest absolute Gasteiger partial charge is 0.318 e. The van der Waals surface area contributed by atoms with Crippen molar-refractivity contribution in [3.8, 4) is 0 Å². The molecule has 2 N–H and O–H groups in total. The number of nitrogens with zero attached hydrogens (tertiary/aromatic N) is 3. The monoisotopic (exact) mass is 185 g/mol. The lowest BCUT2D eigenvalue weighted by Crippen LogP contribution is -2.26. The highest BCUT2D eigenvalue weighted by Crippen LogP contribution is 2.40. The van der Waals surface area contributed by atoms with Gasteiger partial charge in [0.2, 0.25) is 0 Å². The summed E-state index contributed by atoms with van der Waals surface area (Å²) in [6, 6.07) is -0.470. The second-order valence-corrected chi connectivity index (χ2v) is 2.83. The third-order valence-electron chi connectivity index (χ3n) is 1.96. The number of hydrogen-bond acceptors (Lipinski definition) is 3. The number of aliphatic carboxylic acids is 2. The number of azide groups is 1. The van der Waals surface area contributed by atoms with Crippen LogP contribution in [0.3, 0.4) is 0 Å². The first kappa shape index (κ1) is 9.34. The van der Waals surface area contributed by atoms with Gasteiger partial charge in [-0.3, -0.25) is 9.59 Å². The van der Waals surface area contributed by atoms with Crippen molar-refractivity contribution in [2.24, 2.45) is 17.0 Å². The minimum atomic E-state index is -1.45. The minimum absolute atomic E-state index is 0.341. The fourth-order valence-corrected chi connectivity index (χ4v) is 1.23. The van der Waals surface area contributed by atoms with Gasteiger partial charge in [0.1, 0.15) is 0 Å². The Morgan fingerprint density at radius 1 is 1.46 bits per heavy atom. The van der Waals surface area contributed by atoms with E-state index in [2.05, 4.69) is 10.0 Å². The van der Waals surface area contributed by atoms with Crippen molar-refractivity contribution in [3.63, 3.8) is 0 Å². The van der Waals surface area contributed by atoms with Gasteiger partial charge < -0.3 is 10.2 Å². The van der Waals surface area contributed by atoms with Crippen LogP contribution in [0.25, 0.3) is 10.4 Å². The van der Waals surface area contributed by atoms with E-state index in [-0.39, 0.29) is 0 Å². The summed E-state index contributed by atoms with van der Waals surface area (Å²) in [5.41, 5.74) is 8.02. The lowest BCUT2D eigenvalue weighted by molar-refractivity contribution is -0.155. The Hall–Kier alpha value is -1.75. The van der Waals surface area contributed by atoms with Gasteiger partial charge in [0.25, 0.3) is 0 Å². The lowest BCUT2D eigenvalue weighted by Gasteiger charge is -2.03. The van der Waals surface area contributed by atoms with Gasteiger partial charge >= 0.3 is 11.9 Å². The highest BCUT2D eigenvalue weighted by molar-refractivity contribution is 5.93. The SMILES string of the molecule is [N-]=[N+]=NC1CC1C(C(=O)O)C(=O)O. The van der Waals surface area contributed by atoms with Crippen molar-refractivity contribution in [2.45, 2.75) is 12.5 Å². The number of hydrogen-bond donors (Lipinski definition) is 2. The van der Waals surface area contributed by atoms with Crippen molar-refractivity contribution in [2.75, 3.05) is 0 Å². The van der Waals surface area contributed by atoms with E-state index in [1.165, 1.54) is 0 Å². The molecule has 1 rings (SSSR count). The highest BCUT2D eigenvalue weighted by atomic mass is 16.4. The first-order valence-corrected chi connectivity index (χ1v) is 3.57. The number of carboxylic acids is 2. The van der Waals surface area contributed by atoms with Gasteiger partial charge in [-0.1, -0.05) is 5.11 Å². The molecule has 70 valence electrons. The average molecular weight is 185 g/mol. The molecule has 7 heteroatoms. The van der Waals surface area contributed by atoms with Gasteiger partial charge in [-0.25, -0.2) is 0 Å². The lowest BCUT2D eigenvalue weighted by atomic mass is 10.0. The summed E-state index contributed by atoms with van der Waals surface area (Å²) in [7, 11) is 0. The molecule has 7 nitrogen and oxygen atoms in total. The maximum absolute atomic E-state index is 10.5. The third-order valence-corrected chi connectivity index (χ3v) is 1.96. The van der Waals surface area contributed by atoms with E-state index in [4.69, 9.17) is 15.7 Å². The molecule has 0 amide bonds. The summed E-state index contributed by atoms with van der Waals surface area (Å²) in [5.74, 6) is -4.76. The van der Waals surface area contributed by atoms with Gasteiger partial charge in [-0.2, -0.15) is 0 Å². The molecule has 0 heterocycles. The van der Waals surface area contributed by atoms with Crippen LogP contribution in [0.4, 0.5) is 0 Å². The van der Waals surface area contributed by atoms with Crippen molar-refractivity contribution < 1.29 is 19.8 Å². The van der Waals surface area contributed by atoms with Crippen LogP contribution in [-0.2, 0) is 9.59 Å². The van der Waals surface area contributed by atoms with E-state index in [1.807, 2.05) is 0 Å². The van der Waals surface area contributed by atoms with Gasteiger partial charge in [-0.15, -0.1) is 0 Å². The Bertz CT molecular complexity index is 282. The van der Waals surface area contributed by atoms with E-state index < -0.39 is 29.8 Å². The molecule has 1 saturated carbocycles. The molecule has 0 saturated heterocycles. The maximum atomic E-state index is 10.5. The standard InChI is InChI=1S/C6H7N3O4/c7-9-8-3-1-2(3)4(5(10)11)6(12)13/h2-4H,1H2,(H,10,11)(H,12,13). The summed E-state index contributed by atoms with van der Waals surface area (Å²) in [6.45, 7) is 0. The molecule has 0 bridgehead atoms. The normalized spacial score (nSPS) is 25.0. The Morgan fingerprint density at radius 2 is 2.00 bits per heavy atom. The van der Waals surface area contributed by atoms with Gasteiger partial charge in [0, 0.05) is 11.0 Å². The van der Waals surface area contributed by atoms with Crippen LogP contribution < -0.4 is 0 Å². The maximum Gasteiger partial charge on any atom is 0.318 e. The number of rotatable bonds is 4. The van der Waals surface area contributed by atoms with Gasteiger partial charge in [0.05, 0.1) is 0 Å². The first-order valence-electron chi connectivity index (χ1n) is 3.57. The molecule has 0 aromatic carbocycles. The predicted octanol–water partition coefficient (Wildman–Crippen LogP) is 0.471. The van der Waals surface area contributed by atoms with Crippen LogP contribution in [0.5, 0.6) is 0 Å². The molecular formula is C6H7N3O4. The van der Waals surface area contributed by atoms with Gasteiger partial charge in [0.15, 0.2) is 5.92 Å². The fraction of sp³-hybridized carbons (Fsp3) is 0.667. The fourth-order valence-electron chi connectivity index (χ4n) is 1.23. The van der Waals surface area contributed by atoms with E-state index in [0.29, 0.717) is 6.42 Å². The Labute approximate surface area is 72.6 Å².